The Morgan fingerprint density at radius 1 is 1.09 bits per heavy atom. The van der Waals surface area contributed by atoms with E-state index in [1.165, 1.54) is 0 Å². The van der Waals surface area contributed by atoms with E-state index in [-0.39, 0.29) is 5.91 Å². The van der Waals surface area contributed by atoms with Crippen molar-refractivity contribution in [2.24, 2.45) is 0 Å². The third kappa shape index (κ3) is 4.41. The van der Waals surface area contributed by atoms with Gasteiger partial charge in [-0.05, 0) is 57.3 Å². The van der Waals surface area contributed by atoms with Crippen LogP contribution in [0.5, 0.6) is 0 Å². The fraction of sp³-hybridized carbons (Fsp3) is 0.280. The molecule has 2 atom stereocenters. The van der Waals surface area contributed by atoms with E-state index in [1.54, 1.807) is 29.5 Å². The number of aromatic amines is 1. The minimum atomic E-state index is -0.273. The number of H-pyrrole nitrogens is 1. The summed E-state index contributed by atoms with van der Waals surface area (Å²) < 4.78 is 0. The van der Waals surface area contributed by atoms with Crippen molar-refractivity contribution < 1.29 is 4.79 Å². The molecule has 0 aliphatic carbocycles. The number of benzene rings is 2. The molecule has 2 aromatic heterocycles. The van der Waals surface area contributed by atoms with E-state index in [0.29, 0.717) is 39.2 Å². The molecule has 2 aromatic carbocycles. The van der Waals surface area contributed by atoms with Crippen LogP contribution in [-0.4, -0.2) is 53.0 Å². The molecule has 5 rings (SSSR count). The summed E-state index contributed by atoms with van der Waals surface area (Å²) in [4.78, 5) is 25.6. The number of anilines is 2. The van der Waals surface area contributed by atoms with Crippen molar-refractivity contribution in [3.63, 3.8) is 0 Å². The number of hydrogen-bond acceptors (Lipinski definition) is 5. The highest BCUT2D eigenvalue weighted by Crippen LogP contribution is 2.32. The topological polar surface area (TPSA) is 64.3 Å². The molecule has 3 heterocycles. The molecule has 0 bridgehead atoms. The number of likely N-dealkylation sites (N-methyl/N-ethyl adjacent to an activating group) is 1. The SMILES string of the molecule is C[C@@H]1CN(c2ccc(C(=O)Nc3ccc(Cl)c(-c4nc5cscc5[nH]4)c3)c(Cl)c2)C[C@H](C)N1C. The smallest absolute Gasteiger partial charge is 0.257 e. The maximum absolute atomic E-state index is 13.0. The summed E-state index contributed by atoms with van der Waals surface area (Å²) >= 11 is 14.6. The van der Waals surface area contributed by atoms with E-state index in [1.807, 2.05) is 29.0 Å². The third-order valence-corrected chi connectivity index (χ3v) is 7.90. The van der Waals surface area contributed by atoms with Gasteiger partial charge >= 0.3 is 0 Å². The van der Waals surface area contributed by atoms with Gasteiger partial charge in [0.1, 0.15) is 5.82 Å². The van der Waals surface area contributed by atoms with Crippen molar-refractivity contribution in [3.05, 3.63) is 62.8 Å². The molecule has 1 saturated heterocycles. The Bertz CT molecular complexity index is 1330. The number of imidazole rings is 1. The van der Waals surface area contributed by atoms with Crippen molar-refractivity contribution in [1.29, 1.82) is 0 Å². The highest BCUT2D eigenvalue weighted by atomic mass is 35.5. The van der Waals surface area contributed by atoms with E-state index < -0.39 is 0 Å². The average Bonchev–Trinajstić information content (AvgIpc) is 3.40. The molecule has 0 unspecified atom stereocenters. The molecule has 9 heteroatoms. The van der Waals surface area contributed by atoms with Crippen molar-refractivity contribution in [1.82, 2.24) is 14.9 Å². The fourth-order valence-electron chi connectivity index (χ4n) is 4.36. The largest absolute Gasteiger partial charge is 0.368 e. The second-order valence-electron chi connectivity index (χ2n) is 8.84. The number of nitrogens with zero attached hydrogens (tertiary/aromatic N) is 3. The first-order chi connectivity index (χ1) is 16.3. The number of carbonyl (C=O) groups excluding carboxylic acids is 1. The molecule has 0 radical (unpaired) electrons. The number of thiophene rings is 1. The minimum Gasteiger partial charge on any atom is -0.368 e. The number of fused-ring (bicyclic) bond motifs is 1. The number of halogens is 2. The minimum absolute atomic E-state index is 0.273. The summed E-state index contributed by atoms with van der Waals surface area (Å²) in [7, 11) is 2.16. The lowest BCUT2D eigenvalue weighted by Crippen LogP contribution is -2.55. The molecule has 1 aliphatic rings. The predicted molar refractivity (Wildman–Crippen MR) is 143 cm³/mol. The van der Waals surface area contributed by atoms with Gasteiger partial charge in [-0.2, -0.15) is 0 Å². The highest BCUT2D eigenvalue weighted by molar-refractivity contribution is 7.09. The lowest BCUT2D eigenvalue weighted by molar-refractivity contribution is 0.102. The number of aromatic nitrogens is 2. The molecule has 6 nitrogen and oxygen atoms in total. The molecular formula is C25H25Cl2N5OS. The molecule has 176 valence electrons. The van der Waals surface area contributed by atoms with Crippen LogP contribution in [0.1, 0.15) is 24.2 Å². The van der Waals surface area contributed by atoms with Crippen LogP contribution in [0.15, 0.2) is 47.2 Å². The van der Waals surface area contributed by atoms with Crippen LogP contribution in [0, 0.1) is 0 Å². The zero-order valence-corrected chi connectivity index (χ0v) is 21.4. The normalized spacial score (nSPS) is 19.0. The molecule has 1 aliphatic heterocycles. The van der Waals surface area contributed by atoms with Gasteiger partial charge in [0.2, 0.25) is 0 Å². The molecule has 2 N–H and O–H groups in total. The second kappa shape index (κ2) is 9.23. The van der Waals surface area contributed by atoms with Crippen LogP contribution < -0.4 is 10.2 Å². The summed E-state index contributed by atoms with van der Waals surface area (Å²) in [6.07, 6.45) is 0. The van der Waals surface area contributed by atoms with Crippen LogP contribution >= 0.6 is 34.5 Å². The number of hydrogen-bond donors (Lipinski definition) is 2. The van der Waals surface area contributed by atoms with Crippen molar-refractivity contribution >= 4 is 62.9 Å². The molecule has 4 aromatic rings. The molecule has 1 amide bonds. The number of carbonyl (C=O) groups is 1. The van der Waals surface area contributed by atoms with Gasteiger partial charge in [0.05, 0.1) is 26.6 Å². The summed E-state index contributed by atoms with van der Waals surface area (Å²) in [5.74, 6) is 0.391. The standard InChI is InChI=1S/C25H25Cl2N5OS/c1-14-10-32(11-15(2)31(14)3)17-5-6-18(21(27)9-17)25(33)28-16-4-7-20(26)19(8-16)24-29-22-12-34-13-23(22)30-24/h4-9,12-15H,10-11H2,1-3H3,(H,28,33)(H,29,30)/t14-,15+. The maximum atomic E-state index is 13.0. The van der Waals surface area contributed by atoms with Crippen LogP contribution in [0.2, 0.25) is 10.0 Å². The Morgan fingerprint density at radius 3 is 2.56 bits per heavy atom. The molecule has 0 saturated carbocycles. The van der Waals surface area contributed by atoms with Gasteiger partial charge in [-0.15, -0.1) is 11.3 Å². The molecule has 0 spiro atoms. The van der Waals surface area contributed by atoms with Crippen LogP contribution in [-0.2, 0) is 0 Å². The Kier molecular flexibility index (Phi) is 6.29. The van der Waals surface area contributed by atoms with E-state index in [0.717, 1.165) is 35.4 Å². The van der Waals surface area contributed by atoms with E-state index in [4.69, 9.17) is 23.2 Å². The van der Waals surface area contributed by atoms with Gasteiger partial charge in [0, 0.05) is 52.9 Å². The van der Waals surface area contributed by atoms with Crippen LogP contribution in [0.3, 0.4) is 0 Å². The Balaban J connectivity index is 1.35. The number of nitrogens with one attached hydrogen (secondary N) is 2. The first-order valence-corrected chi connectivity index (χ1v) is 12.8. The van der Waals surface area contributed by atoms with Crippen LogP contribution in [0.25, 0.3) is 22.4 Å². The van der Waals surface area contributed by atoms with Gasteiger partial charge in [-0.3, -0.25) is 9.69 Å². The van der Waals surface area contributed by atoms with Crippen molar-refractivity contribution in [2.45, 2.75) is 25.9 Å². The Hall–Kier alpha value is -2.58. The van der Waals surface area contributed by atoms with Gasteiger partial charge < -0.3 is 15.2 Å². The van der Waals surface area contributed by atoms with Gasteiger partial charge in [0.25, 0.3) is 5.91 Å². The van der Waals surface area contributed by atoms with Gasteiger partial charge in [0.15, 0.2) is 0 Å². The summed E-state index contributed by atoms with van der Waals surface area (Å²) in [5, 5.41) is 7.90. The molecule has 1 fully saturated rings. The maximum Gasteiger partial charge on any atom is 0.257 e. The quantitative estimate of drug-likeness (QED) is 0.332. The Labute approximate surface area is 212 Å². The van der Waals surface area contributed by atoms with E-state index in [2.05, 4.69) is 46.0 Å². The first kappa shape index (κ1) is 23.2. The first-order valence-electron chi connectivity index (χ1n) is 11.1. The van der Waals surface area contributed by atoms with Gasteiger partial charge in [-0.1, -0.05) is 23.2 Å². The zero-order chi connectivity index (χ0) is 24.0. The van der Waals surface area contributed by atoms with E-state index >= 15 is 0 Å². The lowest BCUT2D eigenvalue weighted by atomic mass is 10.1. The summed E-state index contributed by atoms with van der Waals surface area (Å²) in [6.45, 7) is 6.28. The highest BCUT2D eigenvalue weighted by Gasteiger charge is 2.27. The fourth-order valence-corrected chi connectivity index (χ4v) is 5.52. The van der Waals surface area contributed by atoms with Crippen molar-refractivity contribution in [2.75, 3.05) is 30.4 Å². The van der Waals surface area contributed by atoms with Crippen molar-refractivity contribution in [3.8, 4) is 11.4 Å². The Morgan fingerprint density at radius 2 is 1.85 bits per heavy atom. The zero-order valence-electron chi connectivity index (χ0n) is 19.1. The number of piperazine rings is 1. The molecule has 34 heavy (non-hydrogen) atoms. The monoisotopic (exact) mass is 513 g/mol. The third-order valence-electron chi connectivity index (χ3n) is 6.53. The molecular weight excluding hydrogens is 489 g/mol. The second-order valence-corrected chi connectivity index (χ2v) is 10.4. The van der Waals surface area contributed by atoms with E-state index in [9.17, 15) is 4.79 Å². The summed E-state index contributed by atoms with van der Waals surface area (Å²) in [6, 6.07) is 11.9. The predicted octanol–water partition coefficient (Wildman–Crippen LogP) is 6.38. The van der Waals surface area contributed by atoms with Crippen LogP contribution in [0.4, 0.5) is 11.4 Å². The lowest BCUT2D eigenvalue weighted by Gasteiger charge is -2.43. The number of rotatable bonds is 4. The summed E-state index contributed by atoms with van der Waals surface area (Å²) in [5.41, 5.74) is 4.64. The average molecular weight is 514 g/mol. The number of amides is 1. The van der Waals surface area contributed by atoms with Gasteiger partial charge in [-0.25, -0.2) is 4.98 Å².